The lowest BCUT2D eigenvalue weighted by atomic mass is 10.1. The molecule has 1 aliphatic carbocycles. The lowest BCUT2D eigenvalue weighted by Crippen LogP contribution is -2.35. The van der Waals surface area contributed by atoms with Crippen LogP contribution in [0, 0.1) is 0 Å². The molecule has 1 heterocycles. The zero-order valence-corrected chi connectivity index (χ0v) is 12.7. The molecule has 0 fully saturated rings. The standard InChI is InChI=1S/C16H20N2OS/c1-3-15-18-14(9-20-15)10(2)17-13-8-11-6-4-5-7-12(11)16(13)19/h4-7,9-10,13,16-17,19H,3,8H2,1-2H3. The van der Waals surface area contributed by atoms with Crippen molar-refractivity contribution in [2.75, 3.05) is 0 Å². The van der Waals surface area contributed by atoms with E-state index < -0.39 is 6.10 Å². The number of aliphatic hydroxyl groups excluding tert-OH is 1. The maximum atomic E-state index is 10.4. The third-order valence-electron chi connectivity index (χ3n) is 3.97. The Labute approximate surface area is 123 Å². The quantitative estimate of drug-likeness (QED) is 0.909. The van der Waals surface area contributed by atoms with Crippen molar-refractivity contribution in [1.82, 2.24) is 10.3 Å². The summed E-state index contributed by atoms with van der Waals surface area (Å²) in [7, 11) is 0. The average molecular weight is 288 g/mol. The molecule has 0 amide bonds. The molecule has 0 radical (unpaired) electrons. The Balaban J connectivity index is 1.70. The van der Waals surface area contributed by atoms with E-state index in [2.05, 4.69) is 35.6 Å². The lowest BCUT2D eigenvalue weighted by Gasteiger charge is -2.21. The van der Waals surface area contributed by atoms with E-state index in [-0.39, 0.29) is 12.1 Å². The van der Waals surface area contributed by atoms with Crippen molar-refractivity contribution < 1.29 is 5.11 Å². The number of thiazole rings is 1. The largest absolute Gasteiger partial charge is 0.387 e. The summed E-state index contributed by atoms with van der Waals surface area (Å²) in [6.07, 6.45) is 1.44. The number of rotatable bonds is 4. The van der Waals surface area contributed by atoms with Crippen molar-refractivity contribution in [3.05, 3.63) is 51.5 Å². The van der Waals surface area contributed by atoms with Crippen LogP contribution in [0.3, 0.4) is 0 Å². The summed E-state index contributed by atoms with van der Waals surface area (Å²) >= 11 is 1.71. The van der Waals surface area contributed by atoms with E-state index in [9.17, 15) is 5.11 Å². The van der Waals surface area contributed by atoms with Gasteiger partial charge in [0.05, 0.1) is 16.8 Å². The Morgan fingerprint density at radius 1 is 1.45 bits per heavy atom. The van der Waals surface area contributed by atoms with E-state index in [1.807, 2.05) is 18.2 Å². The normalized spacial score (nSPS) is 22.8. The molecule has 2 aromatic rings. The first-order valence-electron chi connectivity index (χ1n) is 7.15. The highest BCUT2D eigenvalue weighted by Gasteiger charge is 2.31. The van der Waals surface area contributed by atoms with Gasteiger partial charge in [0.2, 0.25) is 0 Å². The van der Waals surface area contributed by atoms with Gasteiger partial charge in [0.1, 0.15) is 0 Å². The maximum absolute atomic E-state index is 10.4. The zero-order valence-electron chi connectivity index (χ0n) is 11.8. The highest BCUT2D eigenvalue weighted by molar-refractivity contribution is 7.09. The van der Waals surface area contributed by atoms with Crippen LogP contribution in [0.5, 0.6) is 0 Å². The van der Waals surface area contributed by atoms with Crippen LogP contribution in [0.15, 0.2) is 29.6 Å². The van der Waals surface area contributed by atoms with E-state index >= 15 is 0 Å². The Bertz CT molecular complexity index is 596. The summed E-state index contributed by atoms with van der Waals surface area (Å²) < 4.78 is 0. The van der Waals surface area contributed by atoms with Crippen LogP contribution in [0.25, 0.3) is 0 Å². The lowest BCUT2D eigenvalue weighted by molar-refractivity contribution is 0.136. The number of nitrogens with zero attached hydrogens (tertiary/aromatic N) is 1. The second kappa shape index (κ2) is 5.64. The smallest absolute Gasteiger partial charge is 0.0949 e. The minimum atomic E-state index is -0.419. The molecule has 0 spiro atoms. The molecule has 3 unspecified atom stereocenters. The van der Waals surface area contributed by atoms with Crippen molar-refractivity contribution in [3.8, 4) is 0 Å². The minimum absolute atomic E-state index is 0.0779. The molecule has 20 heavy (non-hydrogen) atoms. The highest BCUT2D eigenvalue weighted by atomic mass is 32.1. The molecule has 1 aromatic heterocycles. The molecular weight excluding hydrogens is 268 g/mol. The third kappa shape index (κ3) is 2.51. The van der Waals surface area contributed by atoms with Gasteiger partial charge in [-0.25, -0.2) is 4.98 Å². The van der Waals surface area contributed by atoms with Gasteiger partial charge in [-0.3, -0.25) is 0 Å². The summed E-state index contributed by atoms with van der Waals surface area (Å²) in [6, 6.07) is 8.38. The molecule has 3 nitrogen and oxygen atoms in total. The molecule has 1 aliphatic rings. The summed E-state index contributed by atoms with van der Waals surface area (Å²) in [5, 5.41) is 17.2. The third-order valence-corrected chi connectivity index (χ3v) is 4.99. The van der Waals surface area contributed by atoms with Gasteiger partial charge in [0.15, 0.2) is 0 Å². The minimum Gasteiger partial charge on any atom is -0.387 e. The molecule has 3 rings (SSSR count). The van der Waals surface area contributed by atoms with E-state index in [1.54, 1.807) is 11.3 Å². The van der Waals surface area contributed by atoms with Crippen molar-refractivity contribution in [3.63, 3.8) is 0 Å². The van der Waals surface area contributed by atoms with E-state index in [0.29, 0.717) is 0 Å². The van der Waals surface area contributed by atoms with Crippen LogP contribution >= 0.6 is 11.3 Å². The van der Waals surface area contributed by atoms with Crippen LogP contribution in [-0.4, -0.2) is 16.1 Å². The fraction of sp³-hybridized carbons (Fsp3) is 0.438. The van der Waals surface area contributed by atoms with Crippen LogP contribution in [-0.2, 0) is 12.8 Å². The van der Waals surface area contributed by atoms with E-state index in [4.69, 9.17) is 0 Å². The van der Waals surface area contributed by atoms with Gasteiger partial charge in [0.25, 0.3) is 0 Å². The van der Waals surface area contributed by atoms with Crippen LogP contribution in [0.1, 0.15) is 47.8 Å². The average Bonchev–Trinajstić information content (AvgIpc) is 3.05. The van der Waals surface area contributed by atoms with Gasteiger partial charge in [-0.15, -0.1) is 11.3 Å². The molecule has 0 bridgehead atoms. The first kappa shape index (κ1) is 13.7. The Morgan fingerprint density at radius 3 is 2.95 bits per heavy atom. The summed E-state index contributed by atoms with van der Waals surface area (Å²) in [6.45, 7) is 4.24. The zero-order chi connectivity index (χ0) is 14.1. The number of aromatic nitrogens is 1. The Kier molecular flexibility index (Phi) is 3.87. The first-order valence-corrected chi connectivity index (χ1v) is 8.03. The SMILES string of the molecule is CCc1nc(C(C)NC2Cc3ccccc3C2O)cs1. The number of benzene rings is 1. The van der Waals surface area contributed by atoms with Gasteiger partial charge >= 0.3 is 0 Å². The van der Waals surface area contributed by atoms with Crippen LogP contribution in [0.4, 0.5) is 0 Å². The molecule has 0 aliphatic heterocycles. The van der Waals surface area contributed by atoms with Gasteiger partial charge in [-0.2, -0.15) is 0 Å². The molecule has 4 heteroatoms. The van der Waals surface area contributed by atoms with Gasteiger partial charge < -0.3 is 10.4 Å². The van der Waals surface area contributed by atoms with Gasteiger partial charge in [-0.05, 0) is 30.9 Å². The van der Waals surface area contributed by atoms with Crippen molar-refractivity contribution in [2.45, 2.75) is 44.9 Å². The highest BCUT2D eigenvalue weighted by Crippen LogP contribution is 2.32. The summed E-state index contributed by atoms with van der Waals surface area (Å²) in [4.78, 5) is 4.62. The fourth-order valence-corrected chi connectivity index (χ4v) is 3.66. The molecule has 0 saturated heterocycles. The van der Waals surface area contributed by atoms with Gasteiger partial charge in [-0.1, -0.05) is 31.2 Å². The number of hydrogen-bond acceptors (Lipinski definition) is 4. The molecule has 3 atom stereocenters. The first-order chi connectivity index (χ1) is 9.69. The molecule has 106 valence electrons. The predicted molar refractivity (Wildman–Crippen MR) is 81.9 cm³/mol. The number of hydrogen-bond donors (Lipinski definition) is 2. The van der Waals surface area contributed by atoms with Crippen molar-refractivity contribution in [2.24, 2.45) is 0 Å². The number of aliphatic hydroxyl groups is 1. The Morgan fingerprint density at radius 2 is 2.25 bits per heavy atom. The van der Waals surface area contributed by atoms with E-state index in [1.165, 1.54) is 10.6 Å². The topological polar surface area (TPSA) is 45.2 Å². The van der Waals surface area contributed by atoms with Crippen LogP contribution < -0.4 is 5.32 Å². The van der Waals surface area contributed by atoms with Crippen molar-refractivity contribution >= 4 is 11.3 Å². The number of fused-ring (bicyclic) bond motifs is 1. The van der Waals surface area contributed by atoms with Crippen LogP contribution in [0.2, 0.25) is 0 Å². The summed E-state index contributed by atoms with van der Waals surface area (Å²) in [5.41, 5.74) is 3.39. The maximum Gasteiger partial charge on any atom is 0.0949 e. The number of nitrogens with one attached hydrogen (secondary N) is 1. The van der Waals surface area contributed by atoms with E-state index in [0.717, 1.165) is 24.1 Å². The molecule has 1 aromatic carbocycles. The molecule has 2 N–H and O–H groups in total. The van der Waals surface area contributed by atoms with Gasteiger partial charge in [0, 0.05) is 17.5 Å². The fourth-order valence-electron chi connectivity index (χ4n) is 2.82. The second-order valence-corrected chi connectivity index (χ2v) is 6.30. The predicted octanol–water partition coefficient (Wildman–Crippen LogP) is 3.01. The second-order valence-electron chi connectivity index (χ2n) is 5.36. The molecular formula is C16H20N2OS. The molecule has 0 saturated carbocycles. The summed E-state index contributed by atoms with van der Waals surface area (Å²) in [5.74, 6) is 0. The number of aryl methyl sites for hydroxylation is 1. The Hall–Kier alpha value is -1.23. The van der Waals surface area contributed by atoms with Crippen molar-refractivity contribution in [1.29, 1.82) is 0 Å². The monoisotopic (exact) mass is 288 g/mol.